The maximum Gasteiger partial charge on any atom is 0.270 e. The molecule has 0 N–H and O–H groups in total. The fourth-order valence-electron chi connectivity index (χ4n) is 2.23. The molecular weight excluding hydrogens is 306 g/mol. The first kappa shape index (κ1) is 16.4. The third-order valence-corrected chi connectivity index (χ3v) is 3.31. The van der Waals surface area contributed by atoms with Gasteiger partial charge in [-0.1, -0.05) is 0 Å². The summed E-state index contributed by atoms with van der Waals surface area (Å²) in [5.41, 5.74) is 9.00. The number of fused-ring (bicyclic) bond motifs is 1. The van der Waals surface area contributed by atoms with Gasteiger partial charge < -0.3 is 14.0 Å². The molecule has 120 valence electrons. The fourth-order valence-corrected chi connectivity index (χ4v) is 2.23. The lowest BCUT2D eigenvalue weighted by atomic mass is 10.2. The monoisotopic (exact) mass is 319 g/mol. The van der Waals surface area contributed by atoms with Gasteiger partial charge in [-0.3, -0.25) is 14.9 Å². The molecule has 1 aromatic heterocycles. The van der Waals surface area contributed by atoms with Crippen molar-refractivity contribution in [1.29, 1.82) is 0 Å². The van der Waals surface area contributed by atoms with Crippen LogP contribution in [0.4, 0.5) is 5.69 Å². The highest BCUT2D eigenvalue weighted by atomic mass is 16.7. The SMILES string of the molecule is COC(Cn1c(C(=O)N=[N+]=[N-])cc2cc([N+](=O)[O-])ccc21)OC. The van der Waals surface area contributed by atoms with Gasteiger partial charge in [0, 0.05) is 42.2 Å². The quantitative estimate of drug-likeness (QED) is 0.201. The number of non-ortho nitro benzene ring substituents is 1. The summed E-state index contributed by atoms with van der Waals surface area (Å²) in [5, 5.41) is 14.4. The van der Waals surface area contributed by atoms with Crippen molar-refractivity contribution >= 4 is 22.5 Å². The van der Waals surface area contributed by atoms with Crippen LogP contribution in [-0.4, -0.2) is 35.9 Å². The summed E-state index contributed by atoms with van der Waals surface area (Å²) in [5.74, 6) is -0.794. The molecule has 0 atom stereocenters. The first-order valence-corrected chi connectivity index (χ1v) is 6.44. The van der Waals surface area contributed by atoms with Gasteiger partial charge in [-0.15, -0.1) is 0 Å². The average Bonchev–Trinajstić information content (AvgIpc) is 2.90. The molecule has 10 heteroatoms. The Morgan fingerprint density at radius 2 is 2.13 bits per heavy atom. The van der Waals surface area contributed by atoms with Crippen molar-refractivity contribution in [3.63, 3.8) is 0 Å². The molecule has 0 saturated heterocycles. The Morgan fingerprint density at radius 3 is 2.70 bits per heavy atom. The molecule has 1 amide bonds. The summed E-state index contributed by atoms with van der Waals surface area (Å²) < 4.78 is 11.8. The lowest BCUT2D eigenvalue weighted by Crippen LogP contribution is -2.22. The van der Waals surface area contributed by atoms with Crippen molar-refractivity contribution < 1.29 is 19.2 Å². The van der Waals surface area contributed by atoms with E-state index in [0.29, 0.717) is 10.9 Å². The van der Waals surface area contributed by atoms with E-state index in [4.69, 9.17) is 15.0 Å². The van der Waals surface area contributed by atoms with Crippen LogP contribution in [0.25, 0.3) is 21.3 Å². The van der Waals surface area contributed by atoms with E-state index in [9.17, 15) is 14.9 Å². The molecule has 0 saturated carbocycles. The number of carbonyl (C=O) groups is 1. The lowest BCUT2D eigenvalue weighted by Gasteiger charge is -2.16. The van der Waals surface area contributed by atoms with Gasteiger partial charge in [-0.25, -0.2) is 0 Å². The van der Waals surface area contributed by atoms with E-state index in [2.05, 4.69) is 10.0 Å². The van der Waals surface area contributed by atoms with Crippen LogP contribution in [0.2, 0.25) is 0 Å². The summed E-state index contributed by atoms with van der Waals surface area (Å²) in [6.45, 7) is 0.149. The molecule has 0 radical (unpaired) electrons. The molecule has 2 aromatic rings. The van der Waals surface area contributed by atoms with Crippen molar-refractivity contribution in [2.45, 2.75) is 12.8 Å². The fraction of sp³-hybridized carbons (Fsp3) is 0.308. The van der Waals surface area contributed by atoms with E-state index in [1.54, 1.807) is 0 Å². The number of aromatic nitrogens is 1. The minimum Gasteiger partial charge on any atom is -0.354 e. The van der Waals surface area contributed by atoms with Crippen LogP contribution in [-0.2, 0) is 16.0 Å². The second kappa shape index (κ2) is 6.88. The summed E-state index contributed by atoms with van der Waals surface area (Å²) >= 11 is 0. The van der Waals surface area contributed by atoms with E-state index in [1.807, 2.05) is 0 Å². The largest absolute Gasteiger partial charge is 0.354 e. The van der Waals surface area contributed by atoms with E-state index in [1.165, 1.54) is 43.1 Å². The summed E-state index contributed by atoms with van der Waals surface area (Å²) in [6.07, 6.45) is -0.640. The predicted octanol–water partition coefficient (Wildman–Crippen LogP) is 2.62. The topological polar surface area (TPSA) is 132 Å². The number of amides is 1. The van der Waals surface area contributed by atoms with E-state index in [-0.39, 0.29) is 17.9 Å². The lowest BCUT2D eigenvalue weighted by molar-refractivity contribution is -0.384. The van der Waals surface area contributed by atoms with E-state index < -0.39 is 17.1 Å². The van der Waals surface area contributed by atoms with E-state index >= 15 is 0 Å². The third kappa shape index (κ3) is 3.29. The second-order valence-corrected chi connectivity index (χ2v) is 4.54. The van der Waals surface area contributed by atoms with Crippen molar-refractivity contribution in [1.82, 2.24) is 4.57 Å². The third-order valence-electron chi connectivity index (χ3n) is 3.31. The number of hydrogen-bond acceptors (Lipinski definition) is 5. The maximum atomic E-state index is 12.0. The van der Waals surface area contributed by atoms with Crippen molar-refractivity contribution in [3.05, 3.63) is 50.5 Å². The number of nitro groups is 1. The number of benzene rings is 1. The molecule has 0 aliphatic rings. The van der Waals surface area contributed by atoms with Crippen molar-refractivity contribution in [3.8, 4) is 0 Å². The van der Waals surface area contributed by atoms with E-state index in [0.717, 1.165) is 0 Å². The summed E-state index contributed by atoms with van der Waals surface area (Å²) in [7, 11) is 2.89. The average molecular weight is 319 g/mol. The molecule has 23 heavy (non-hydrogen) atoms. The number of carbonyl (C=O) groups excluding carboxylic acids is 1. The van der Waals surface area contributed by atoms with Gasteiger partial charge in [-0.2, -0.15) is 0 Å². The molecule has 2 rings (SSSR count). The Kier molecular flexibility index (Phi) is 4.91. The molecule has 0 aliphatic heterocycles. The number of rotatable bonds is 6. The standard InChI is InChI=1S/C13H13N5O5/c1-22-12(23-2)7-17-10-4-3-9(18(20)21)5-8(10)6-11(17)13(19)15-16-14/h3-6,12H,7H2,1-2H3. The maximum absolute atomic E-state index is 12.0. The highest BCUT2D eigenvalue weighted by Crippen LogP contribution is 2.26. The number of methoxy groups -OCH3 is 2. The van der Waals surface area contributed by atoms with Crippen LogP contribution in [0.15, 0.2) is 29.4 Å². The predicted molar refractivity (Wildman–Crippen MR) is 79.9 cm³/mol. The van der Waals surface area contributed by atoms with Crippen LogP contribution in [0.1, 0.15) is 10.5 Å². The Labute approximate surface area is 130 Å². The Bertz CT molecular complexity index is 804. The minimum atomic E-state index is -0.794. The molecule has 0 fully saturated rings. The van der Waals surface area contributed by atoms with Crippen molar-refractivity contribution in [2.24, 2.45) is 5.11 Å². The zero-order valence-corrected chi connectivity index (χ0v) is 12.4. The van der Waals surface area contributed by atoms with Crippen molar-refractivity contribution in [2.75, 3.05) is 14.2 Å². The Hall–Kier alpha value is -2.94. The van der Waals surface area contributed by atoms with Gasteiger partial charge >= 0.3 is 0 Å². The van der Waals surface area contributed by atoms with Crippen LogP contribution in [0.3, 0.4) is 0 Å². The van der Waals surface area contributed by atoms with Gasteiger partial charge in [0.2, 0.25) is 0 Å². The molecule has 0 bridgehead atoms. The van der Waals surface area contributed by atoms with Gasteiger partial charge in [0.1, 0.15) is 0 Å². The number of nitrogens with zero attached hydrogens (tertiary/aromatic N) is 5. The Balaban J connectivity index is 2.63. The molecule has 0 aliphatic carbocycles. The summed E-state index contributed by atoms with van der Waals surface area (Å²) in [4.78, 5) is 24.8. The van der Waals surface area contributed by atoms with Crippen LogP contribution < -0.4 is 0 Å². The normalized spacial score (nSPS) is 10.7. The zero-order chi connectivity index (χ0) is 17.0. The van der Waals surface area contributed by atoms with Gasteiger partial charge in [0.15, 0.2) is 6.29 Å². The first-order chi connectivity index (χ1) is 11.0. The highest BCUT2D eigenvalue weighted by Gasteiger charge is 2.19. The number of hydrogen-bond donors (Lipinski definition) is 0. The Morgan fingerprint density at radius 1 is 1.43 bits per heavy atom. The molecule has 1 aromatic carbocycles. The van der Waals surface area contributed by atoms with Crippen LogP contribution in [0, 0.1) is 10.1 Å². The molecule has 0 spiro atoms. The smallest absolute Gasteiger partial charge is 0.270 e. The van der Waals surface area contributed by atoms with Crippen LogP contribution >= 0.6 is 0 Å². The number of nitro benzene ring substituents is 1. The molecular formula is C13H13N5O5. The van der Waals surface area contributed by atoms with Gasteiger partial charge in [-0.05, 0) is 22.8 Å². The van der Waals surface area contributed by atoms with Gasteiger partial charge in [0.25, 0.3) is 11.6 Å². The highest BCUT2D eigenvalue weighted by molar-refractivity contribution is 5.99. The summed E-state index contributed by atoms with van der Waals surface area (Å²) in [6, 6.07) is 5.62. The molecule has 0 unspecified atom stereocenters. The number of azide groups is 1. The minimum absolute atomic E-state index is 0.0948. The first-order valence-electron chi connectivity index (χ1n) is 6.44. The van der Waals surface area contributed by atoms with Crippen LogP contribution in [0.5, 0.6) is 0 Å². The molecule has 10 nitrogen and oxygen atoms in total. The van der Waals surface area contributed by atoms with Gasteiger partial charge in [0.05, 0.1) is 17.2 Å². The number of ether oxygens (including phenoxy) is 2. The zero-order valence-electron chi connectivity index (χ0n) is 12.4. The second-order valence-electron chi connectivity index (χ2n) is 4.54. The molecule has 1 heterocycles.